The molecule has 2 saturated heterocycles. The number of fused-ring (bicyclic) bond motifs is 2. The van der Waals surface area contributed by atoms with Crippen LogP contribution in [0.4, 0.5) is 4.39 Å². The van der Waals surface area contributed by atoms with Crippen molar-refractivity contribution in [1.82, 2.24) is 4.90 Å². The second kappa shape index (κ2) is 10.0. The van der Waals surface area contributed by atoms with Crippen LogP contribution in [-0.4, -0.2) is 29.0 Å². The Labute approximate surface area is 209 Å². The zero-order valence-electron chi connectivity index (χ0n) is 19.0. The van der Waals surface area contributed by atoms with E-state index in [1.165, 1.54) is 17.8 Å². The van der Waals surface area contributed by atoms with Crippen LogP contribution in [0.3, 0.4) is 0 Å². The zero-order chi connectivity index (χ0) is 23.7. The van der Waals surface area contributed by atoms with Crippen LogP contribution >= 0.6 is 23.4 Å². The van der Waals surface area contributed by atoms with Crippen molar-refractivity contribution in [2.75, 3.05) is 0 Å². The quantitative estimate of drug-likeness (QED) is 0.336. The monoisotopic (exact) mass is 495 g/mol. The summed E-state index contributed by atoms with van der Waals surface area (Å²) in [7, 11) is 0. The highest BCUT2D eigenvalue weighted by Gasteiger charge is 2.44. The molecule has 2 aliphatic rings. The standard InChI is InChI=1S/C28H27ClFNO2S/c1-18-6-13-24(29)26(14-18)33-23-15-21-11-12-22(16-23)31(21)28(32)20-9-7-19(8-10-20)17-34-27-5-3-2-4-25(27)30/h2-10,13-14,21-23H,11-12,15-17H2,1H3. The normalized spacial score (nSPS) is 21.5. The van der Waals surface area contributed by atoms with Crippen LogP contribution in [0.5, 0.6) is 5.75 Å². The summed E-state index contributed by atoms with van der Waals surface area (Å²) in [5, 5.41) is 0.629. The first-order chi connectivity index (χ1) is 16.5. The van der Waals surface area contributed by atoms with E-state index in [-0.39, 0.29) is 29.9 Å². The maximum atomic E-state index is 13.8. The number of amides is 1. The molecule has 6 heteroatoms. The fourth-order valence-electron chi connectivity index (χ4n) is 5.05. The van der Waals surface area contributed by atoms with Gasteiger partial charge >= 0.3 is 0 Å². The van der Waals surface area contributed by atoms with Crippen LogP contribution in [0.15, 0.2) is 71.6 Å². The Bertz CT molecular complexity index is 1170. The number of aryl methyl sites for hydroxylation is 1. The van der Waals surface area contributed by atoms with Gasteiger partial charge in [0, 0.05) is 41.1 Å². The summed E-state index contributed by atoms with van der Waals surface area (Å²) < 4.78 is 20.1. The number of piperidine rings is 1. The molecule has 3 aromatic rings. The van der Waals surface area contributed by atoms with Crippen molar-refractivity contribution in [2.24, 2.45) is 0 Å². The number of ether oxygens (including phenoxy) is 1. The molecule has 2 heterocycles. The van der Waals surface area contributed by atoms with Crippen LogP contribution < -0.4 is 4.74 Å². The maximum absolute atomic E-state index is 13.8. The van der Waals surface area contributed by atoms with Gasteiger partial charge in [-0.05, 0) is 67.3 Å². The molecule has 0 radical (unpaired) electrons. The number of carbonyl (C=O) groups excluding carboxylic acids is 1. The Hall–Kier alpha value is -2.50. The smallest absolute Gasteiger partial charge is 0.254 e. The maximum Gasteiger partial charge on any atom is 0.254 e. The van der Waals surface area contributed by atoms with Gasteiger partial charge in [-0.25, -0.2) is 4.39 Å². The van der Waals surface area contributed by atoms with Crippen molar-refractivity contribution in [3.05, 3.63) is 94.3 Å². The Morgan fingerprint density at radius 1 is 1.06 bits per heavy atom. The first-order valence-corrected chi connectivity index (χ1v) is 13.1. The van der Waals surface area contributed by atoms with Gasteiger partial charge in [-0.2, -0.15) is 0 Å². The predicted molar refractivity (Wildman–Crippen MR) is 135 cm³/mol. The van der Waals surface area contributed by atoms with Gasteiger partial charge in [-0.15, -0.1) is 11.8 Å². The van der Waals surface area contributed by atoms with E-state index in [9.17, 15) is 9.18 Å². The largest absolute Gasteiger partial charge is 0.489 e. The molecule has 2 unspecified atom stereocenters. The van der Waals surface area contributed by atoms with E-state index >= 15 is 0 Å². The van der Waals surface area contributed by atoms with E-state index in [0.29, 0.717) is 21.2 Å². The van der Waals surface area contributed by atoms with E-state index in [0.717, 1.165) is 42.6 Å². The Balaban J connectivity index is 1.21. The van der Waals surface area contributed by atoms with Crippen LogP contribution in [0.25, 0.3) is 0 Å². The van der Waals surface area contributed by atoms with E-state index in [4.69, 9.17) is 16.3 Å². The van der Waals surface area contributed by atoms with E-state index < -0.39 is 0 Å². The summed E-state index contributed by atoms with van der Waals surface area (Å²) in [6.45, 7) is 2.03. The summed E-state index contributed by atoms with van der Waals surface area (Å²) in [6, 6.07) is 20.7. The Kier molecular flexibility index (Phi) is 6.84. The lowest BCUT2D eigenvalue weighted by Gasteiger charge is -2.39. The lowest BCUT2D eigenvalue weighted by molar-refractivity contribution is 0.0359. The molecule has 0 saturated carbocycles. The van der Waals surface area contributed by atoms with Crippen molar-refractivity contribution in [3.8, 4) is 5.75 Å². The van der Waals surface area contributed by atoms with Gasteiger partial charge in [0.2, 0.25) is 0 Å². The molecule has 2 bridgehead atoms. The minimum atomic E-state index is -0.202. The van der Waals surface area contributed by atoms with Gasteiger partial charge < -0.3 is 9.64 Å². The minimum Gasteiger partial charge on any atom is -0.489 e. The fraction of sp³-hybridized carbons (Fsp3) is 0.321. The summed E-state index contributed by atoms with van der Waals surface area (Å²) in [5.74, 6) is 1.28. The molecule has 2 aliphatic heterocycles. The predicted octanol–water partition coefficient (Wildman–Crippen LogP) is 7.29. The molecule has 0 aliphatic carbocycles. The fourth-order valence-corrected chi connectivity index (χ4v) is 6.11. The van der Waals surface area contributed by atoms with E-state index in [1.807, 2.05) is 55.5 Å². The number of thioether (sulfide) groups is 1. The summed E-state index contributed by atoms with van der Waals surface area (Å²) in [6.07, 6.45) is 3.73. The third-order valence-corrected chi connectivity index (χ3v) is 8.17. The van der Waals surface area contributed by atoms with Crippen molar-refractivity contribution < 1.29 is 13.9 Å². The molecular weight excluding hydrogens is 469 g/mol. The molecular formula is C28H27ClFNO2S. The van der Waals surface area contributed by atoms with Gasteiger partial charge in [-0.1, -0.05) is 41.9 Å². The van der Waals surface area contributed by atoms with E-state index in [1.54, 1.807) is 12.1 Å². The molecule has 5 rings (SSSR count). The first-order valence-electron chi connectivity index (χ1n) is 11.7. The van der Waals surface area contributed by atoms with Gasteiger partial charge in [0.25, 0.3) is 5.91 Å². The molecule has 176 valence electrons. The highest BCUT2D eigenvalue weighted by molar-refractivity contribution is 7.98. The molecule has 0 N–H and O–H groups in total. The van der Waals surface area contributed by atoms with Gasteiger partial charge in [0.05, 0.1) is 5.02 Å². The highest BCUT2D eigenvalue weighted by Crippen LogP contribution is 2.39. The molecule has 2 fully saturated rings. The third kappa shape index (κ3) is 4.96. The topological polar surface area (TPSA) is 29.5 Å². The average molecular weight is 496 g/mol. The number of halogens is 2. The average Bonchev–Trinajstić information content (AvgIpc) is 3.11. The van der Waals surface area contributed by atoms with Crippen molar-refractivity contribution in [3.63, 3.8) is 0 Å². The molecule has 3 nitrogen and oxygen atoms in total. The molecule has 2 atom stereocenters. The van der Waals surface area contributed by atoms with Gasteiger partial charge in [0.15, 0.2) is 0 Å². The van der Waals surface area contributed by atoms with Crippen molar-refractivity contribution in [1.29, 1.82) is 0 Å². The van der Waals surface area contributed by atoms with Gasteiger partial charge in [-0.3, -0.25) is 4.79 Å². The number of hydrogen-bond acceptors (Lipinski definition) is 3. The highest BCUT2D eigenvalue weighted by atomic mass is 35.5. The lowest BCUT2D eigenvalue weighted by atomic mass is 9.98. The summed E-state index contributed by atoms with van der Waals surface area (Å²) >= 11 is 7.79. The third-order valence-electron chi connectivity index (χ3n) is 6.74. The summed E-state index contributed by atoms with van der Waals surface area (Å²) in [4.78, 5) is 16.1. The number of carbonyl (C=O) groups is 1. The van der Waals surface area contributed by atoms with Crippen LogP contribution in [0.1, 0.15) is 47.2 Å². The molecule has 1 amide bonds. The van der Waals surface area contributed by atoms with E-state index in [2.05, 4.69) is 4.90 Å². The van der Waals surface area contributed by atoms with Crippen molar-refractivity contribution >= 4 is 29.3 Å². The summed E-state index contributed by atoms with van der Waals surface area (Å²) in [5.41, 5.74) is 2.89. The van der Waals surface area contributed by atoms with Crippen molar-refractivity contribution in [2.45, 2.75) is 61.4 Å². The Morgan fingerprint density at radius 2 is 1.76 bits per heavy atom. The zero-order valence-corrected chi connectivity index (χ0v) is 20.6. The second-order valence-corrected chi connectivity index (χ2v) is 10.6. The molecule has 3 aromatic carbocycles. The number of benzene rings is 3. The van der Waals surface area contributed by atoms with Crippen LogP contribution in [0, 0.1) is 12.7 Å². The lowest BCUT2D eigenvalue weighted by Crippen LogP contribution is -2.49. The molecule has 0 aromatic heterocycles. The van der Waals surface area contributed by atoms with Gasteiger partial charge in [0.1, 0.15) is 17.7 Å². The second-order valence-electron chi connectivity index (χ2n) is 9.16. The number of nitrogens with zero attached hydrogens (tertiary/aromatic N) is 1. The first kappa shape index (κ1) is 23.3. The minimum absolute atomic E-state index is 0.0682. The molecule has 34 heavy (non-hydrogen) atoms. The number of hydrogen-bond donors (Lipinski definition) is 0. The molecule has 0 spiro atoms. The number of rotatable bonds is 6. The van der Waals surface area contributed by atoms with Crippen LogP contribution in [-0.2, 0) is 5.75 Å². The SMILES string of the molecule is Cc1ccc(Cl)c(OC2CC3CCC(C2)N3C(=O)c2ccc(CSc3ccccc3F)cc2)c1. The Morgan fingerprint density at radius 3 is 2.47 bits per heavy atom. The van der Waals surface area contributed by atoms with Crippen LogP contribution in [0.2, 0.25) is 5.02 Å².